The summed E-state index contributed by atoms with van der Waals surface area (Å²) in [4.78, 5) is 12.2. The summed E-state index contributed by atoms with van der Waals surface area (Å²) in [5, 5.41) is 31.8. The lowest BCUT2D eigenvalue weighted by atomic mass is 10.1. The van der Waals surface area contributed by atoms with Crippen molar-refractivity contribution in [3.8, 4) is 0 Å². The lowest BCUT2D eigenvalue weighted by Gasteiger charge is -2.16. The molecule has 2 aromatic heterocycles. The summed E-state index contributed by atoms with van der Waals surface area (Å²) in [6, 6.07) is -0.871. The van der Waals surface area contributed by atoms with Gasteiger partial charge in [0.2, 0.25) is 0 Å². The SMILES string of the molecule is OC[C@H]1N[C@@H](Cn2cnc3cncnc32)[C@H](O)[C@@H]1O. The van der Waals surface area contributed by atoms with Crippen LogP contribution in [0.4, 0.5) is 0 Å². The molecule has 1 aliphatic heterocycles. The maximum Gasteiger partial charge on any atom is 0.163 e. The molecule has 3 heterocycles. The first-order chi connectivity index (χ1) is 9.20. The van der Waals surface area contributed by atoms with Gasteiger partial charge in [0.15, 0.2) is 5.65 Å². The second-order valence-electron chi connectivity index (χ2n) is 4.67. The second kappa shape index (κ2) is 4.82. The molecule has 0 unspecified atom stereocenters. The minimum Gasteiger partial charge on any atom is -0.395 e. The Labute approximate surface area is 108 Å². The van der Waals surface area contributed by atoms with E-state index in [0.717, 1.165) is 0 Å². The van der Waals surface area contributed by atoms with E-state index in [9.17, 15) is 10.2 Å². The largest absolute Gasteiger partial charge is 0.395 e. The second-order valence-corrected chi connectivity index (χ2v) is 4.67. The van der Waals surface area contributed by atoms with Crippen LogP contribution in [0, 0.1) is 0 Å². The Kier molecular flexibility index (Phi) is 3.15. The van der Waals surface area contributed by atoms with Crippen molar-refractivity contribution in [3.05, 3.63) is 18.9 Å². The number of aromatic nitrogens is 4. The van der Waals surface area contributed by atoms with E-state index in [1.54, 1.807) is 17.1 Å². The van der Waals surface area contributed by atoms with Gasteiger partial charge in [0.25, 0.3) is 0 Å². The molecule has 1 saturated heterocycles. The molecule has 8 heteroatoms. The molecular weight excluding hydrogens is 250 g/mol. The summed E-state index contributed by atoms with van der Waals surface area (Å²) < 4.78 is 1.78. The third kappa shape index (κ3) is 2.08. The van der Waals surface area contributed by atoms with Crippen molar-refractivity contribution in [1.82, 2.24) is 24.8 Å². The van der Waals surface area contributed by atoms with Crippen LogP contribution in [0.2, 0.25) is 0 Å². The van der Waals surface area contributed by atoms with Crippen LogP contribution in [0.5, 0.6) is 0 Å². The number of fused-ring (bicyclic) bond motifs is 1. The standard InChI is InChI=1S/C11H15N5O3/c17-3-8-10(19)9(18)7(15-8)2-16-5-14-6-1-12-4-13-11(6)16/h1,4-5,7-10,15,17-19H,2-3H2/t7-,8+,9-,10+/m0/s1. The van der Waals surface area contributed by atoms with Gasteiger partial charge >= 0.3 is 0 Å². The van der Waals surface area contributed by atoms with Crippen LogP contribution in [0.25, 0.3) is 11.2 Å². The van der Waals surface area contributed by atoms with Gasteiger partial charge in [-0.3, -0.25) is 0 Å². The number of nitrogens with one attached hydrogen (secondary N) is 1. The number of imidazole rings is 1. The molecule has 1 aliphatic rings. The van der Waals surface area contributed by atoms with E-state index in [2.05, 4.69) is 20.3 Å². The molecule has 2 aromatic rings. The van der Waals surface area contributed by atoms with Crippen LogP contribution >= 0.6 is 0 Å². The third-order valence-corrected chi connectivity index (χ3v) is 3.47. The zero-order chi connectivity index (χ0) is 13.4. The lowest BCUT2D eigenvalue weighted by molar-refractivity contribution is 0.0180. The summed E-state index contributed by atoms with van der Waals surface area (Å²) in [7, 11) is 0. The topological polar surface area (TPSA) is 116 Å². The molecule has 0 spiro atoms. The number of nitrogens with zero attached hydrogens (tertiary/aromatic N) is 4. The number of aliphatic hydroxyl groups is 3. The van der Waals surface area contributed by atoms with Crippen LogP contribution in [-0.4, -0.2) is 65.7 Å². The number of hydrogen-bond donors (Lipinski definition) is 4. The Morgan fingerprint density at radius 3 is 2.74 bits per heavy atom. The molecule has 0 amide bonds. The monoisotopic (exact) mass is 265 g/mol. The Bertz CT molecular complexity index is 574. The normalized spacial score (nSPS) is 31.1. The lowest BCUT2D eigenvalue weighted by Crippen LogP contribution is -2.38. The fourth-order valence-corrected chi connectivity index (χ4v) is 2.43. The van der Waals surface area contributed by atoms with Crippen molar-refractivity contribution in [3.63, 3.8) is 0 Å². The third-order valence-electron chi connectivity index (χ3n) is 3.47. The van der Waals surface area contributed by atoms with Crippen LogP contribution < -0.4 is 5.32 Å². The van der Waals surface area contributed by atoms with Crippen LogP contribution in [0.1, 0.15) is 0 Å². The van der Waals surface area contributed by atoms with E-state index >= 15 is 0 Å². The number of rotatable bonds is 3. The Morgan fingerprint density at radius 1 is 1.21 bits per heavy atom. The highest BCUT2D eigenvalue weighted by molar-refractivity contribution is 5.68. The van der Waals surface area contributed by atoms with Gasteiger partial charge in [-0.15, -0.1) is 0 Å². The number of hydrogen-bond acceptors (Lipinski definition) is 7. The highest BCUT2D eigenvalue weighted by Gasteiger charge is 2.40. The summed E-state index contributed by atoms with van der Waals surface area (Å²) in [5.41, 5.74) is 1.35. The molecule has 3 rings (SSSR count). The summed E-state index contributed by atoms with van der Waals surface area (Å²) in [5.74, 6) is 0. The van der Waals surface area contributed by atoms with Crippen LogP contribution in [0.15, 0.2) is 18.9 Å². The smallest absolute Gasteiger partial charge is 0.163 e. The molecule has 0 bridgehead atoms. The van der Waals surface area contributed by atoms with E-state index in [1.165, 1.54) is 6.33 Å². The van der Waals surface area contributed by atoms with Gasteiger partial charge in [-0.1, -0.05) is 0 Å². The van der Waals surface area contributed by atoms with E-state index < -0.39 is 18.2 Å². The van der Waals surface area contributed by atoms with Gasteiger partial charge in [-0.05, 0) is 0 Å². The van der Waals surface area contributed by atoms with Crippen LogP contribution in [0.3, 0.4) is 0 Å². The molecule has 4 N–H and O–H groups in total. The average molecular weight is 265 g/mol. The van der Waals surface area contributed by atoms with Crippen molar-refractivity contribution in [2.24, 2.45) is 0 Å². The maximum atomic E-state index is 9.94. The molecule has 0 aromatic carbocycles. The van der Waals surface area contributed by atoms with Gasteiger partial charge in [0, 0.05) is 6.54 Å². The van der Waals surface area contributed by atoms with E-state index in [1.807, 2.05) is 0 Å². The van der Waals surface area contributed by atoms with E-state index in [0.29, 0.717) is 17.7 Å². The van der Waals surface area contributed by atoms with Crippen molar-refractivity contribution < 1.29 is 15.3 Å². The highest BCUT2D eigenvalue weighted by Crippen LogP contribution is 2.17. The Morgan fingerprint density at radius 2 is 2.00 bits per heavy atom. The van der Waals surface area contributed by atoms with E-state index in [-0.39, 0.29) is 12.6 Å². The molecule has 4 atom stereocenters. The minimum absolute atomic E-state index is 0.221. The molecule has 0 aliphatic carbocycles. The Hall–Kier alpha value is -1.61. The van der Waals surface area contributed by atoms with Gasteiger partial charge in [0.1, 0.15) is 11.8 Å². The maximum absolute atomic E-state index is 9.94. The molecule has 1 fully saturated rings. The quantitative estimate of drug-likeness (QED) is 0.501. The summed E-state index contributed by atoms with van der Waals surface area (Å²) in [6.45, 7) is 0.184. The highest BCUT2D eigenvalue weighted by atomic mass is 16.3. The van der Waals surface area contributed by atoms with E-state index in [4.69, 9.17) is 5.11 Å². The fraction of sp³-hybridized carbons (Fsp3) is 0.545. The molecule has 0 radical (unpaired) electrons. The summed E-state index contributed by atoms with van der Waals surface area (Å²) >= 11 is 0. The Balaban J connectivity index is 1.82. The zero-order valence-electron chi connectivity index (χ0n) is 10.1. The van der Waals surface area contributed by atoms with Crippen molar-refractivity contribution >= 4 is 11.2 Å². The molecular formula is C11H15N5O3. The van der Waals surface area contributed by atoms with Crippen molar-refractivity contribution in [2.45, 2.75) is 30.8 Å². The first-order valence-corrected chi connectivity index (χ1v) is 6.04. The molecule has 102 valence electrons. The van der Waals surface area contributed by atoms with Crippen LogP contribution in [-0.2, 0) is 6.54 Å². The van der Waals surface area contributed by atoms with Gasteiger partial charge in [-0.2, -0.15) is 0 Å². The summed E-state index contributed by atoms with van der Waals surface area (Å²) in [6.07, 6.45) is 2.76. The first kappa shape index (κ1) is 12.4. The van der Waals surface area contributed by atoms with Crippen molar-refractivity contribution in [2.75, 3.05) is 6.61 Å². The fourth-order valence-electron chi connectivity index (χ4n) is 2.43. The van der Waals surface area contributed by atoms with Crippen molar-refractivity contribution in [1.29, 1.82) is 0 Å². The average Bonchev–Trinajstić information content (AvgIpc) is 2.96. The predicted octanol–water partition coefficient (Wildman–Crippen LogP) is -2.12. The number of aliphatic hydroxyl groups excluding tert-OH is 3. The first-order valence-electron chi connectivity index (χ1n) is 6.04. The van der Waals surface area contributed by atoms with Gasteiger partial charge < -0.3 is 25.2 Å². The molecule has 19 heavy (non-hydrogen) atoms. The van der Waals surface area contributed by atoms with Gasteiger partial charge in [0.05, 0.1) is 43.4 Å². The minimum atomic E-state index is -0.973. The van der Waals surface area contributed by atoms with Gasteiger partial charge in [-0.25, -0.2) is 15.0 Å². The zero-order valence-corrected chi connectivity index (χ0v) is 10.1. The molecule has 8 nitrogen and oxygen atoms in total. The predicted molar refractivity (Wildman–Crippen MR) is 65.1 cm³/mol. The molecule has 0 saturated carbocycles.